The second-order valence-electron chi connectivity index (χ2n) is 6.65. The fourth-order valence-corrected chi connectivity index (χ4v) is 4.24. The molecule has 3 rings (SSSR count). The van der Waals surface area contributed by atoms with E-state index in [1.807, 2.05) is 4.90 Å². The van der Waals surface area contributed by atoms with Crippen molar-refractivity contribution in [3.63, 3.8) is 0 Å². The molecule has 0 spiro atoms. The van der Waals surface area contributed by atoms with Crippen LogP contribution in [0.25, 0.3) is 0 Å². The van der Waals surface area contributed by atoms with Gasteiger partial charge in [-0.3, -0.25) is 0 Å². The van der Waals surface area contributed by atoms with Gasteiger partial charge in [0.05, 0.1) is 0 Å². The number of hydrogen-bond donors (Lipinski definition) is 2. The van der Waals surface area contributed by atoms with Crippen LogP contribution in [0.3, 0.4) is 0 Å². The summed E-state index contributed by atoms with van der Waals surface area (Å²) in [4.78, 5) is 25.7. The van der Waals surface area contributed by atoms with Crippen LogP contribution in [0.15, 0.2) is 0 Å². The maximum atomic E-state index is 12.3. The number of urea groups is 1. The van der Waals surface area contributed by atoms with E-state index in [4.69, 9.17) is 0 Å². The van der Waals surface area contributed by atoms with Gasteiger partial charge in [0, 0.05) is 12.6 Å². The topological polar surface area (TPSA) is 69.6 Å². The van der Waals surface area contributed by atoms with Crippen molar-refractivity contribution in [3.05, 3.63) is 0 Å². The summed E-state index contributed by atoms with van der Waals surface area (Å²) >= 11 is 0. The first kappa shape index (κ1) is 13.7. The number of carbonyl (C=O) groups is 2. The molecule has 0 aromatic heterocycles. The third kappa shape index (κ3) is 2.63. The summed E-state index contributed by atoms with van der Waals surface area (Å²) < 4.78 is 0. The van der Waals surface area contributed by atoms with E-state index in [2.05, 4.69) is 5.32 Å². The number of piperidine rings is 1. The van der Waals surface area contributed by atoms with Crippen LogP contribution in [0.5, 0.6) is 0 Å². The smallest absolute Gasteiger partial charge is 0.326 e. The number of nitrogens with one attached hydrogen (secondary N) is 1. The normalized spacial score (nSPS) is 31.3. The van der Waals surface area contributed by atoms with Crippen LogP contribution in [0.4, 0.5) is 4.79 Å². The minimum Gasteiger partial charge on any atom is -0.480 e. The molecule has 2 bridgehead atoms. The van der Waals surface area contributed by atoms with E-state index in [0.717, 1.165) is 45.1 Å². The summed E-state index contributed by atoms with van der Waals surface area (Å²) in [7, 11) is 0. The zero-order chi connectivity index (χ0) is 14.1. The highest BCUT2D eigenvalue weighted by molar-refractivity contribution is 5.83. The third-order valence-electron chi connectivity index (χ3n) is 5.34. The lowest BCUT2D eigenvalue weighted by atomic mass is 9.84. The van der Waals surface area contributed by atoms with E-state index < -0.39 is 12.0 Å². The Labute approximate surface area is 119 Å². The van der Waals surface area contributed by atoms with Gasteiger partial charge in [0.1, 0.15) is 6.04 Å². The molecule has 0 aromatic carbocycles. The first-order valence-electron chi connectivity index (χ1n) is 7.95. The average molecular weight is 280 g/mol. The summed E-state index contributed by atoms with van der Waals surface area (Å²) in [5.74, 6) is -0.136. The molecule has 5 heteroatoms. The molecule has 2 amide bonds. The Morgan fingerprint density at radius 1 is 1.10 bits per heavy atom. The van der Waals surface area contributed by atoms with Crippen LogP contribution in [0, 0.1) is 11.8 Å². The van der Waals surface area contributed by atoms with E-state index >= 15 is 0 Å². The van der Waals surface area contributed by atoms with Gasteiger partial charge in [-0.25, -0.2) is 9.59 Å². The number of carboxylic acids is 1. The van der Waals surface area contributed by atoms with E-state index in [1.165, 1.54) is 12.8 Å². The van der Waals surface area contributed by atoms with E-state index in [0.29, 0.717) is 12.0 Å². The molecule has 3 atom stereocenters. The second-order valence-corrected chi connectivity index (χ2v) is 6.65. The molecule has 0 aromatic rings. The minimum atomic E-state index is -0.880. The third-order valence-corrected chi connectivity index (χ3v) is 5.34. The number of carbonyl (C=O) groups excluding carboxylic acids is 1. The maximum absolute atomic E-state index is 12.3. The van der Waals surface area contributed by atoms with Crippen LogP contribution < -0.4 is 5.32 Å². The Kier molecular flexibility index (Phi) is 3.85. The van der Waals surface area contributed by atoms with Crippen LogP contribution in [-0.4, -0.2) is 40.6 Å². The molecule has 0 radical (unpaired) electrons. The summed E-state index contributed by atoms with van der Waals surface area (Å²) in [6.07, 6.45) is 8.60. The number of carboxylic acid groups (broad SMARTS) is 1. The van der Waals surface area contributed by atoms with Crippen molar-refractivity contribution in [1.29, 1.82) is 0 Å². The summed E-state index contributed by atoms with van der Waals surface area (Å²) in [5.41, 5.74) is 0. The number of hydrogen-bond acceptors (Lipinski definition) is 2. The molecule has 1 heterocycles. The Bertz CT molecular complexity index is 393. The number of rotatable bonds is 3. The summed E-state index contributed by atoms with van der Waals surface area (Å²) in [6.45, 7) is 0.813. The van der Waals surface area contributed by atoms with E-state index in [-0.39, 0.29) is 11.9 Å². The van der Waals surface area contributed by atoms with Crippen molar-refractivity contribution in [2.45, 2.75) is 63.5 Å². The zero-order valence-corrected chi connectivity index (χ0v) is 11.9. The first-order valence-corrected chi connectivity index (χ1v) is 7.95. The lowest BCUT2D eigenvalue weighted by Gasteiger charge is -2.32. The van der Waals surface area contributed by atoms with Crippen LogP contribution in [-0.2, 0) is 4.79 Å². The zero-order valence-electron chi connectivity index (χ0n) is 11.9. The molecule has 3 fully saturated rings. The second kappa shape index (κ2) is 5.62. The fourth-order valence-electron chi connectivity index (χ4n) is 4.24. The highest BCUT2D eigenvalue weighted by Crippen LogP contribution is 2.37. The van der Waals surface area contributed by atoms with E-state index in [1.54, 1.807) is 0 Å². The Hall–Kier alpha value is -1.26. The highest BCUT2D eigenvalue weighted by atomic mass is 16.4. The van der Waals surface area contributed by atoms with Gasteiger partial charge in [0.2, 0.25) is 0 Å². The number of aliphatic carboxylic acids is 1. The van der Waals surface area contributed by atoms with Gasteiger partial charge in [0.25, 0.3) is 0 Å². The molecule has 1 aliphatic heterocycles. The van der Waals surface area contributed by atoms with Crippen molar-refractivity contribution in [3.8, 4) is 0 Å². The maximum Gasteiger partial charge on any atom is 0.326 e. The summed E-state index contributed by atoms with van der Waals surface area (Å²) in [6, 6.07) is -0.516. The van der Waals surface area contributed by atoms with Crippen LogP contribution >= 0.6 is 0 Å². The average Bonchev–Trinajstić information content (AvgIpc) is 3.07. The molecule has 2 saturated carbocycles. The molecule has 112 valence electrons. The largest absolute Gasteiger partial charge is 0.480 e. The predicted molar refractivity (Wildman–Crippen MR) is 74.4 cm³/mol. The van der Waals surface area contributed by atoms with Gasteiger partial charge in [0.15, 0.2) is 0 Å². The van der Waals surface area contributed by atoms with Gasteiger partial charge in [-0.15, -0.1) is 0 Å². The van der Waals surface area contributed by atoms with Crippen LogP contribution in [0.2, 0.25) is 0 Å². The van der Waals surface area contributed by atoms with Gasteiger partial charge in [-0.2, -0.15) is 0 Å². The SMILES string of the molecule is O=C(O)C(NC(=O)N1CC2CCC1C2)C1CCCCC1. The molecule has 3 aliphatic rings. The van der Waals surface area contributed by atoms with Gasteiger partial charge >= 0.3 is 12.0 Å². The molecular weight excluding hydrogens is 256 g/mol. The van der Waals surface area contributed by atoms with Crippen molar-refractivity contribution >= 4 is 12.0 Å². The van der Waals surface area contributed by atoms with E-state index in [9.17, 15) is 14.7 Å². The number of fused-ring (bicyclic) bond motifs is 2. The molecule has 20 heavy (non-hydrogen) atoms. The van der Waals surface area contributed by atoms with Gasteiger partial charge in [-0.05, 0) is 43.9 Å². The van der Waals surface area contributed by atoms with Crippen molar-refractivity contribution < 1.29 is 14.7 Å². The Morgan fingerprint density at radius 3 is 2.40 bits per heavy atom. The Balaban J connectivity index is 1.61. The highest BCUT2D eigenvalue weighted by Gasteiger charge is 2.41. The molecular formula is C15H24N2O3. The Morgan fingerprint density at radius 2 is 1.85 bits per heavy atom. The van der Waals surface area contributed by atoms with Crippen LogP contribution in [0.1, 0.15) is 51.4 Å². The number of nitrogens with zero attached hydrogens (tertiary/aromatic N) is 1. The standard InChI is InChI=1S/C15H24N2O3/c18-14(19)13(11-4-2-1-3-5-11)16-15(20)17-9-10-6-7-12(17)8-10/h10-13H,1-9H2,(H,16,20)(H,18,19). The van der Waals surface area contributed by atoms with Gasteiger partial charge in [-0.1, -0.05) is 19.3 Å². The molecule has 2 N–H and O–H groups in total. The first-order chi connectivity index (χ1) is 9.65. The lowest BCUT2D eigenvalue weighted by Crippen LogP contribution is -2.53. The molecule has 5 nitrogen and oxygen atoms in total. The predicted octanol–water partition coefficient (Wildman–Crippen LogP) is 2.21. The molecule has 3 unspecified atom stereocenters. The number of amides is 2. The monoisotopic (exact) mass is 280 g/mol. The van der Waals surface area contributed by atoms with Crippen molar-refractivity contribution in [2.24, 2.45) is 11.8 Å². The fraction of sp³-hybridized carbons (Fsp3) is 0.867. The molecule has 2 aliphatic carbocycles. The lowest BCUT2D eigenvalue weighted by molar-refractivity contribution is -0.141. The minimum absolute atomic E-state index is 0.102. The van der Waals surface area contributed by atoms with Gasteiger partial charge < -0.3 is 15.3 Å². The van der Waals surface area contributed by atoms with Crippen molar-refractivity contribution in [2.75, 3.05) is 6.54 Å². The quantitative estimate of drug-likeness (QED) is 0.832. The summed E-state index contributed by atoms with van der Waals surface area (Å²) in [5, 5.41) is 12.2. The van der Waals surface area contributed by atoms with Crippen molar-refractivity contribution in [1.82, 2.24) is 10.2 Å². The molecule has 1 saturated heterocycles. The number of likely N-dealkylation sites (tertiary alicyclic amines) is 1.